The van der Waals surface area contributed by atoms with E-state index in [1.165, 1.54) is 18.0 Å². The Morgan fingerprint density at radius 1 is 1.42 bits per heavy atom. The maximum Gasteiger partial charge on any atom is 0.422 e. The minimum absolute atomic E-state index is 0.00793. The van der Waals surface area contributed by atoms with Gasteiger partial charge in [0.1, 0.15) is 0 Å². The van der Waals surface area contributed by atoms with Gasteiger partial charge in [0.05, 0.1) is 11.8 Å². The molecule has 8 nitrogen and oxygen atoms in total. The molecule has 140 valence electrons. The van der Waals surface area contributed by atoms with Crippen LogP contribution in [0.2, 0.25) is 0 Å². The highest BCUT2D eigenvalue weighted by Crippen LogP contribution is 2.36. The molecule has 2 aromatic rings. The van der Waals surface area contributed by atoms with E-state index in [2.05, 4.69) is 30.6 Å². The number of thioether (sulfide) groups is 1. The average Bonchev–Trinajstić information content (AvgIpc) is 3.34. The first-order valence-corrected chi connectivity index (χ1v) is 8.72. The largest absolute Gasteiger partial charge is 0.468 e. The van der Waals surface area contributed by atoms with Crippen LogP contribution in [0.4, 0.5) is 13.2 Å². The van der Waals surface area contributed by atoms with Crippen molar-refractivity contribution in [2.75, 3.05) is 12.4 Å². The number of ether oxygens (including phenoxy) is 1. The van der Waals surface area contributed by atoms with Gasteiger partial charge in [-0.2, -0.15) is 13.2 Å². The van der Waals surface area contributed by atoms with E-state index in [9.17, 15) is 18.0 Å². The highest BCUT2D eigenvalue weighted by atomic mass is 32.2. The molecule has 1 aliphatic rings. The molecular weight excluding hydrogens is 373 g/mol. The Kier molecular flexibility index (Phi) is 5.59. The summed E-state index contributed by atoms with van der Waals surface area (Å²) in [6, 6.07) is 3.40. The van der Waals surface area contributed by atoms with Gasteiger partial charge in [-0.3, -0.25) is 4.79 Å². The molecule has 2 aromatic heterocycles. The van der Waals surface area contributed by atoms with E-state index in [1.54, 1.807) is 16.8 Å². The molecule has 26 heavy (non-hydrogen) atoms. The molecule has 1 N–H and O–H groups in total. The number of alkyl halides is 3. The Balaban J connectivity index is 1.49. The van der Waals surface area contributed by atoms with Crippen molar-refractivity contribution in [3.8, 4) is 5.88 Å². The van der Waals surface area contributed by atoms with Crippen molar-refractivity contribution in [2.45, 2.75) is 36.8 Å². The summed E-state index contributed by atoms with van der Waals surface area (Å²) in [4.78, 5) is 15.8. The van der Waals surface area contributed by atoms with Gasteiger partial charge < -0.3 is 10.1 Å². The number of nitrogens with one attached hydrogen (secondary N) is 1. The van der Waals surface area contributed by atoms with E-state index >= 15 is 0 Å². The summed E-state index contributed by atoms with van der Waals surface area (Å²) in [5.41, 5.74) is 0.359. The molecule has 1 amide bonds. The van der Waals surface area contributed by atoms with Gasteiger partial charge in [-0.25, -0.2) is 9.67 Å². The molecule has 2 heterocycles. The number of carbonyl (C=O) groups is 1. The molecule has 0 saturated heterocycles. The number of aromatic nitrogens is 5. The third kappa shape index (κ3) is 5.31. The van der Waals surface area contributed by atoms with Crippen LogP contribution < -0.4 is 10.1 Å². The molecule has 0 bridgehead atoms. The SMILES string of the molecule is O=C(CSc1nnnn1C1CC1)NCc1cccnc1OCC(F)(F)F. The number of hydrogen-bond acceptors (Lipinski definition) is 7. The lowest BCUT2D eigenvalue weighted by atomic mass is 10.2. The highest BCUT2D eigenvalue weighted by molar-refractivity contribution is 7.99. The Morgan fingerprint density at radius 2 is 2.23 bits per heavy atom. The maximum atomic E-state index is 12.3. The molecule has 0 radical (unpaired) electrons. The monoisotopic (exact) mass is 388 g/mol. The number of pyridine rings is 1. The second-order valence-corrected chi connectivity index (χ2v) is 6.52. The van der Waals surface area contributed by atoms with E-state index < -0.39 is 12.8 Å². The zero-order chi connectivity index (χ0) is 18.6. The molecule has 0 aromatic carbocycles. The molecule has 0 atom stereocenters. The predicted octanol–water partition coefficient (Wildman–Crippen LogP) is 1.75. The summed E-state index contributed by atoms with van der Waals surface area (Å²) in [6.07, 6.45) is -1.09. The second-order valence-electron chi connectivity index (χ2n) is 5.57. The number of tetrazole rings is 1. The third-order valence-corrected chi connectivity index (χ3v) is 4.32. The van der Waals surface area contributed by atoms with Crippen LogP contribution in [0.1, 0.15) is 24.4 Å². The van der Waals surface area contributed by atoms with Gasteiger partial charge in [-0.05, 0) is 29.3 Å². The van der Waals surface area contributed by atoms with Crippen LogP contribution in [0, 0.1) is 0 Å². The van der Waals surface area contributed by atoms with Crippen molar-refractivity contribution >= 4 is 17.7 Å². The maximum absolute atomic E-state index is 12.3. The lowest BCUT2D eigenvalue weighted by Gasteiger charge is -2.12. The molecule has 1 fully saturated rings. The normalized spacial score (nSPS) is 14.3. The van der Waals surface area contributed by atoms with E-state index in [0.29, 0.717) is 16.8 Å². The first kappa shape index (κ1) is 18.4. The summed E-state index contributed by atoms with van der Waals surface area (Å²) in [5, 5.41) is 14.6. The van der Waals surface area contributed by atoms with Gasteiger partial charge in [0.15, 0.2) is 6.61 Å². The van der Waals surface area contributed by atoms with Gasteiger partial charge in [-0.15, -0.1) is 5.10 Å². The van der Waals surface area contributed by atoms with E-state index in [1.807, 2.05) is 0 Å². The van der Waals surface area contributed by atoms with Crippen LogP contribution >= 0.6 is 11.8 Å². The van der Waals surface area contributed by atoms with Crippen molar-refractivity contribution in [3.05, 3.63) is 23.9 Å². The van der Waals surface area contributed by atoms with Crippen molar-refractivity contribution in [1.29, 1.82) is 0 Å². The molecule has 3 rings (SSSR count). The Labute approximate surface area is 150 Å². The summed E-state index contributed by atoms with van der Waals surface area (Å²) in [7, 11) is 0. The zero-order valence-electron chi connectivity index (χ0n) is 13.4. The van der Waals surface area contributed by atoms with E-state index in [4.69, 9.17) is 0 Å². The number of halogens is 3. The molecular formula is C14H15F3N6O2S. The summed E-state index contributed by atoms with van der Waals surface area (Å²) in [5.74, 6) is -0.368. The average molecular weight is 388 g/mol. The van der Waals surface area contributed by atoms with Gasteiger partial charge in [0, 0.05) is 18.3 Å². The first-order valence-electron chi connectivity index (χ1n) is 7.73. The fourth-order valence-electron chi connectivity index (χ4n) is 2.04. The van der Waals surface area contributed by atoms with Crippen molar-refractivity contribution < 1.29 is 22.7 Å². The molecule has 0 aliphatic heterocycles. The predicted molar refractivity (Wildman–Crippen MR) is 84.4 cm³/mol. The summed E-state index contributed by atoms with van der Waals surface area (Å²) in [6.45, 7) is -1.43. The van der Waals surface area contributed by atoms with Crippen LogP contribution in [0.15, 0.2) is 23.5 Å². The van der Waals surface area contributed by atoms with Crippen molar-refractivity contribution in [1.82, 2.24) is 30.5 Å². The fraction of sp³-hybridized carbons (Fsp3) is 0.500. The van der Waals surface area contributed by atoms with Gasteiger partial charge >= 0.3 is 6.18 Å². The lowest BCUT2D eigenvalue weighted by Crippen LogP contribution is -2.26. The molecule has 0 spiro atoms. The fourth-order valence-corrected chi connectivity index (χ4v) is 2.82. The van der Waals surface area contributed by atoms with E-state index in [0.717, 1.165) is 12.8 Å². The topological polar surface area (TPSA) is 94.8 Å². The van der Waals surface area contributed by atoms with Crippen LogP contribution in [-0.4, -0.2) is 49.6 Å². The van der Waals surface area contributed by atoms with Crippen molar-refractivity contribution in [3.63, 3.8) is 0 Å². The minimum atomic E-state index is -4.46. The number of rotatable bonds is 8. The highest BCUT2D eigenvalue weighted by Gasteiger charge is 2.29. The lowest BCUT2D eigenvalue weighted by molar-refractivity contribution is -0.154. The minimum Gasteiger partial charge on any atom is -0.468 e. The number of carbonyl (C=O) groups excluding carboxylic acids is 1. The van der Waals surface area contributed by atoms with Crippen LogP contribution in [-0.2, 0) is 11.3 Å². The molecule has 1 aliphatic carbocycles. The Morgan fingerprint density at radius 3 is 2.96 bits per heavy atom. The smallest absolute Gasteiger partial charge is 0.422 e. The number of amides is 1. The van der Waals surface area contributed by atoms with Crippen LogP contribution in [0.5, 0.6) is 5.88 Å². The van der Waals surface area contributed by atoms with Gasteiger partial charge in [-0.1, -0.05) is 17.8 Å². The molecule has 0 unspecified atom stereocenters. The quantitative estimate of drug-likeness (QED) is 0.689. The van der Waals surface area contributed by atoms with Crippen LogP contribution in [0.25, 0.3) is 0 Å². The standard InChI is InChI=1S/C14H15F3N6O2S/c15-14(16,17)8-25-12-9(2-1-5-18-12)6-19-11(24)7-26-13-20-21-22-23(13)10-3-4-10/h1-2,5,10H,3-4,6-8H2,(H,19,24). The zero-order valence-corrected chi connectivity index (χ0v) is 14.3. The summed E-state index contributed by atoms with van der Waals surface area (Å²) >= 11 is 1.20. The molecule has 1 saturated carbocycles. The van der Waals surface area contributed by atoms with Crippen molar-refractivity contribution in [2.24, 2.45) is 0 Å². The second kappa shape index (κ2) is 7.89. The summed E-state index contributed by atoms with van der Waals surface area (Å²) < 4.78 is 43.2. The van der Waals surface area contributed by atoms with Gasteiger partial charge in [0.25, 0.3) is 0 Å². The first-order chi connectivity index (χ1) is 12.4. The Bertz CT molecular complexity index is 765. The van der Waals surface area contributed by atoms with Gasteiger partial charge in [0.2, 0.25) is 16.9 Å². The number of hydrogen-bond donors (Lipinski definition) is 1. The third-order valence-electron chi connectivity index (χ3n) is 3.39. The Hall–Kier alpha value is -2.37. The molecule has 12 heteroatoms. The van der Waals surface area contributed by atoms with Crippen LogP contribution in [0.3, 0.4) is 0 Å². The van der Waals surface area contributed by atoms with E-state index in [-0.39, 0.29) is 24.1 Å². The number of nitrogens with zero attached hydrogens (tertiary/aromatic N) is 5.